The summed E-state index contributed by atoms with van der Waals surface area (Å²) < 4.78 is 0. The first kappa shape index (κ1) is 37.6. The number of hydrogen-bond donors (Lipinski definition) is 5. The van der Waals surface area contributed by atoms with Crippen molar-refractivity contribution in [3.05, 3.63) is 0 Å². The molecular weight excluding hydrogens is 612 g/mol. The summed E-state index contributed by atoms with van der Waals surface area (Å²) in [7, 11) is 0. The molecule has 270 valence electrons. The van der Waals surface area contributed by atoms with Gasteiger partial charge in [-0.15, -0.1) is 0 Å². The van der Waals surface area contributed by atoms with E-state index in [1.165, 1.54) is 0 Å². The molecule has 3 fully saturated rings. The van der Waals surface area contributed by atoms with Crippen LogP contribution in [0.15, 0.2) is 9.98 Å². The van der Waals surface area contributed by atoms with Gasteiger partial charge in [-0.3, -0.25) is 29.2 Å². The summed E-state index contributed by atoms with van der Waals surface area (Å²) in [6, 6.07) is 0. The van der Waals surface area contributed by atoms with Gasteiger partial charge in [-0.1, -0.05) is 41.5 Å². The molecule has 4 amide bonds. The van der Waals surface area contributed by atoms with E-state index in [0.29, 0.717) is 64.7 Å². The fourth-order valence-electron chi connectivity index (χ4n) is 7.90. The number of piperidine rings is 3. The topological polar surface area (TPSA) is 191 Å². The van der Waals surface area contributed by atoms with E-state index in [0.717, 1.165) is 57.2 Å². The van der Waals surface area contributed by atoms with Gasteiger partial charge in [0.15, 0.2) is 0 Å². The highest BCUT2D eigenvalue weighted by Gasteiger charge is 2.44. The Morgan fingerprint density at radius 2 is 1.12 bits per heavy atom. The van der Waals surface area contributed by atoms with Crippen molar-refractivity contribution in [2.24, 2.45) is 55.5 Å². The maximum Gasteiger partial charge on any atom is 0.228 e. The highest BCUT2D eigenvalue weighted by molar-refractivity contribution is 5.91. The summed E-state index contributed by atoms with van der Waals surface area (Å²) in [6.45, 7) is 19.8. The summed E-state index contributed by atoms with van der Waals surface area (Å²) in [5, 5.41) is 9.67. The monoisotopic (exact) mass is 672 g/mol. The standard InChI is InChI=1S/C22H38N6O3.C12H22N4O/c1-21(2)11-15(17-24-6-7-25-17)13-28(20(21)31)10-8-26-18(29)16-12-22(3,4)19(30)27(14-16)9-5-23;1-12(2)7-9(10-14-4-5-15-10)8-16(6-3-13)11(12)17/h15-16H,5-14,23H2,1-4H3,(H,24,25)(H,26,29);9H,3-8,13H2,1-2H3,(H,14,15). The molecule has 0 bridgehead atoms. The summed E-state index contributed by atoms with van der Waals surface area (Å²) in [5.41, 5.74) is 9.88. The first-order chi connectivity index (χ1) is 22.6. The summed E-state index contributed by atoms with van der Waals surface area (Å²) in [6.07, 6.45) is 2.17. The average molecular weight is 673 g/mol. The number of aliphatic imine (C=N–C) groups is 2. The van der Waals surface area contributed by atoms with Gasteiger partial charge in [0.25, 0.3) is 0 Å². The number of nitrogens with zero attached hydrogens (tertiary/aromatic N) is 5. The Kier molecular flexibility index (Phi) is 12.1. The van der Waals surface area contributed by atoms with Crippen molar-refractivity contribution < 1.29 is 19.2 Å². The van der Waals surface area contributed by atoms with Gasteiger partial charge in [0.1, 0.15) is 11.7 Å². The fourth-order valence-corrected chi connectivity index (χ4v) is 7.90. The normalized spacial score (nSPS) is 27.8. The number of carbonyl (C=O) groups excluding carboxylic acids is 4. The Hall–Kier alpha value is -3.26. The Labute approximate surface area is 286 Å². The van der Waals surface area contributed by atoms with Crippen LogP contribution in [-0.4, -0.2) is 135 Å². The number of likely N-dealkylation sites (tertiary alicyclic amines) is 3. The lowest BCUT2D eigenvalue weighted by atomic mass is 9.77. The molecule has 0 saturated carbocycles. The second-order valence-electron chi connectivity index (χ2n) is 15.9. The molecule has 7 N–H and O–H groups in total. The van der Waals surface area contributed by atoms with E-state index in [9.17, 15) is 19.2 Å². The molecule has 0 spiro atoms. The molecule has 3 atom stereocenters. The maximum absolute atomic E-state index is 12.9. The second kappa shape index (κ2) is 15.5. The molecule has 5 aliphatic rings. The minimum atomic E-state index is -0.579. The van der Waals surface area contributed by atoms with Gasteiger partial charge in [-0.25, -0.2) is 0 Å². The van der Waals surface area contributed by atoms with Crippen molar-refractivity contribution in [2.45, 2.75) is 60.8 Å². The molecule has 0 aromatic rings. The lowest BCUT2D eigenvalue weighted by Crippen LogP contribution is -2.56. The third-order valence-corrected chi connectivity index (χ3v) is 10.2. The quantitative estimate of drug-likeness (QED) is 0.208. The first-order valence-electron chi connectivity index (χ1n) is 17.7. The Balaban J connectivity index is 0.000000257. The van der Waals surface area contributed by atoms with Crippen molar-refractivity contribution in [2.75, 3.05) is 85.1 Å². The second-order valence-corrected chi connectivity index (χ2v) is 15.9. The molecule has 5 rings (SSSR count). The van der Waals surface area contributed by atoms with Gasteiger partial charge in [0.2, 0.25) is 23.6 Å². The van der Waals surface area contributed by atoms with Crippen molar-refractivity contribution in [3.8, 4) is 0 Å². The number of amidine groups is 2. The Bertz CT molecular complexity index is 1260. The maximum atomic E-state index is 12.9. The van der Waals surface area contributed by atoms with E-state index in [4.69, 9.17) is 11.5 Å². The molecule has 0 aromatic heterocycles. The minimum Gasteiger partial charge on any atom is -0.372 e. The van der Waals surface area contributed by atoms with Crippen molar-refractivity contribution >= 4 is 35.3 Å². The molecule has 0 radical (unpaired) electrons. The molecule has 3 unspecified atom stereocenters. The summed E-state index contributed by atoms with van der Waals surface area (Å²) in [4.78, 5) is 65.0. The molecule has 14 heteroatoms. The lowest BCUT2D eigenvalue weighted by Gasteiger charge is -2.42. The molecule has 0 aliphatic carbocycles. The number of carbonyl (C=O) groups is 4. The Morgan fingerprint density at radius 1 is 0.708 bits per heavy atom. The van der Waals surface area contributed by atoms with E-state index >= 15 is 0 Å². The third-order valence-electron chi connectivity index (χ3n) is 10.2. The number of amides is 4. The minimum absolute atomic E-state index is 0.0534. The van der Waals surface area contributed by atoms with Crippen LogP contribution in [0.3, 0.4) is 0 Å². The van der Waals surface area contributed by atoms with Crippen LogP contribution in [-0.2, 0) is 19.2 Å². The molecular formula is C34H60N10O4. The first-order valence-corrected chi connectivity index (χ1v) is 17.7. The predicted molar refractivity (Wildman–Crippen MR) is 187 cm³/mol. The third kappa shape index (κ3) is 8.85. The Morgan fingerprint density at radius 3 is 1.54 bits per heavy atom. The van der Waals surface area contributed by atoms with Crippen LogP contribution in [0.1, 0.15) is 60.8 Å². The van der Waals surface area contributed by atoms with E-state index in [1.807, 2.05) is 51.3 Å². The van der Waals surface area contributed by atoms with Crippen LogP contribution in [0.4, 0.5) is 0 Å². The zero-order valence-electron chi connectivity index (χ0n) is 30.1. The molecule has 14 nitrogen and oxygen atoms in total. The SMILES string of the molecule is CC1(C)CC(C(=O)NCCN2CC(C3=NCCN3)CC(C)(C)C2=O)CN(CCN)C1=O.CC1(C)CC(C2=NCCN2)CN(CCN)C1=O. The van der Waals surface area contributed by atoms with Gasteiger partial charge in [0, 0.05) is 100 Å². The van der Waals surface area contributed by atoms with Gasteiger partial charge < -0.3 is 42.1 Å². The van der Waals surface area contributed by atoms with Crippen LogP contribution in [0.2, 0.25) is 0 Å². The number of hydrogen-bond acceptors (Lipinski definition) is 10. The summed E-state index contributed by atoms with van der Waals surface area (Å²) in [5.74, 6) is 2.70. The lowest BCUT2D eigenvalue weighted by molar-refractivity contribution is -0.150. The predicted octanol–water partition coefficient (Wildman–Crippen LogP) is -0.366. The van der Waals surface area contributed by atoms with Gasteiger partial charge in [-0.2, -0.15) is 0 Å². The van der Waals surface area contributed by atoms with Crippen LogP contribution in [0, 0.1) is 34.0 Å². The molecule has 5 heterocycles. The summed E-state index contributed by atoms with van der Waals surface area (Å²) >= 11 is 0. The number of nitrogens with two attached hydrogens (primary N) is 2. The van der Waals surface area contributed by atoms with E-state index in [1.54, 1.807) is 4.90 Å². The van der Waals surface area contributed by atoms with Crippen LogP contribution >= 0.6 is 0 Å². The van der Waals surface area contributed by atoms with Crippen LogP contribution in [0.25, 0.3) is 0 Å². The van der Waals surface area contributed by atoms with E-state index < -0.39 is 10.8 Å². The van der Waals surface area contributed by atoms with Crippen molar-refractivity contribution in [1.29, 1.82) is 0 Å². The van der Waals surface area contributed by atoms with E-state index in [2.05, 4.69) is 25.9 Å². The van der Waals surface area contributed by atoms with E-state index in [-0.39, 0.29) is 40.9 Å². The van der Waals surface area contributed by atoms with Crippen LogP contribution < -0.4 is 27.4 Å². The average Bonchev–Trinajstić information content (AvgIpc) is 3.76. The zero-order valence-corrected chi connectivity index (χ0v) is 30.1. The largest absolute Gasteiger partial charge is 0.372 e. The van der Waals surface area contributed by atoms with Crippen LogP contribution in [0.5, 0.6) is 0 Å². The fraction of sp³-hybridized carbons (Fsp3) is 0.824. The molecule has 5 aliphatic heterocycles. The highest BCUT2D eigenvalue weighted by atomic mass is 16.2. The van der Waals surface area contributed by atoms with Crippen molar-refractivity contribution in [3.63, 3.8) is 0 Å². The number of rotatable bonds is 10. The van der Waals surface area contributed by atoms with Gasteiger partial charge >= 0.3 is 0 Å². The molecule has 0 aromatic carbocycles. The van der Waals surface area contributed by atoms with Gasteiger partial charge in [-0.05, 0) is 19.3 Å². The molecule has 3 saturated heterocycles. The highest BCUT2D eigenvalue weighted by Crippen LogP contribution is 2.36. The molecule has 48 heavy (non-hydrogen) atoms. The zero-order chi connectivity index (χ0) is 35.3. The smallest absolute Gasteiger partial charge is 0.228 e. The number of nitrogens with one attached hydrogen (secondary N) is 3. The van der Waals surface area contributed by atoms with Crippen molar-refractivity contribution in [1.82, 2.24) is 30.7 Å². The van der Waals surface area contributed by atoms with Gasteiger partial charge in [0.05, 0.1) is 19.0 Å².